The third kappa shape index (κ3) is 3.97. The van der Waals surface area contributed by atoms with Gasteiger partial charge in [-0.15, -0.1) is 5.06 Å². The highest BCUT2D eigenvalue weighted by atomic mass is 16.7. The van der Waals surface area contributed by atoms with E-state index in [0.29, 0.717) is 39.1 Å². The lowest BCUT2D eigenvalue weighted by molar-refractivity contribution is -0.194. The third-order valence-electron chi connectivity index (χ3n) is 5.77. The van der Waals surface area contributed by atoms with Crippen LogP contribution in [0.25, 0.3) is 5.57 Å². The number of aromatic nitrogens is 2. The summed E-state index contributed by atoms with van der Waals surface area (Å²) >= 11 is 0. The van der Waals surface area contributed by atoms with Crippen LogP contribution in [0, 0.1) is 0 Å². The zero-order valence-electron chi connectivity index (χ0n) is 18.8. The molecule has 11 heteroatoms. The van der Waals surface area contributed by atoms with E-state index in [9.17, 15) is 14.4 Å². The van der Waals surface area contributed by atoms with Crippen molar-refractivity contribution in [3.8, 4) is 11.5 Å². The first-order chi connectivity index (χ1) is 17.0. The van der Waals surface area contributed by atoms with Crippen molar-refractivity contribution in [3.63, 3.8) is 0 Å². The van der Waals surface area contributed by atoms with Crippen LogP contribution in [-0.2, 0) is 19.2 Å². The van der Waals surface area contributed by atoms with E-state index in [1.807, 2.05) is 12.1 Å². The van der Waals surface area contributed by atoms with Crippen molar-refractivity contribution >= 4 is 23.4 Å². The number of carbonyl (C=O) groups excluding carboxylic acids is 3. The van der Waals surface area contributed by atoms with Gasteiger partial charge in [-0.25, -0.2) is 9.42 Å². The number of methoxy groups -OCH3 is 2. The van der Waals surface area contributed by atoms with Crippen LogP contribution in [0.4, 0.5) is 0 Å². The summed E-state index contributed by atoms with van der Waals surface area (Å²) in [6.07, 6.45) is -0.0362. The maximum atomic E-state index is 13.3. The van der Waals surface area contributed by atoms with Crippen molar-refractivity contribution < 1.29 is 33.3 Å². The van der Waals surface area contributed by atoms with Crippen LogP contribution in [0.3, 0.4) is 0 Å². The first-order valence-corrected chi connectivity index (χ1v) is 10.7. The molecule has 2 aliphatic heterocycles. The molecule has 3 aromatic rings. The largest absolute Gasteiger partial charge is 0.497 e. The second kappa shape index (κ2) is 8.93. The molecule has 3 heterocycles. The molecule has 5 rings (SSSR count). The molecule has 0 bridgehead atoms. The Morgan fingerprint density at radius 3 is 2.14 bits per heavy atom. The van der Waals surface area contributed by atoms with E-state index in [1.54, 1.807) is 50.6 Å². The van der Waals surface area contributed by atoms with Gasteiger partial charge in [-0.1, -0.05) is 29.4 Å². The molecule has 1 atom stereocenters. The Morgan fingerprint density at radius 1 is 0.943 bits per heavy atom. The highest BCUT2D eigenvalue weighted by Gasteiger charge is 2.39. The van der Waals surface area contributed by atoms with E-state index < -0.39 is 23.8 Å². The summed E-state index contributed by atoms with van der Waals surface area (Å²) in [5, 5.41) is 11.8. The van der Waals surface area contributed by atoms with Gasteiger partial charge in [0, 0.05) is 18.4 Å². The van der Waals surface area contributed by atoms with E-state index in [4.69, 9.17) is 18.9 Å². The van der Waals surface area contributed by atoms with Crippen LogP contribution in [-0.4, -0.2) is 47.4 Å². The number of nitrogens with zero attached hydrogens (tertiary/aromatic N) is 3. The first kappa shape index (κ1) is 22.1. The van der Waals surface area contributed by atoms with Crippen LogP contribution in [0.2, 0.25) is 0 Å². The highest BCUT2D eigenvalue weighted by Crippen LogP contribution is 2.38. The second-order valence-corrected chi connectivity index (χ2v) is 7.79. The fourth-order valence-electron chi connectivity index (χ4n) is 3.99. The van der Waals surface area contributed by atoms with E-state index in [-0.39, 0.29) is 18.5 Å². The summed E-state index contributed by atoms with van der Waals surface area (Å²) in [4.78, 5) is 42.7. The van der Waals surface area contributed by atoms with E-state index >= 15 is 0 Å². The van der Waals surface area contributed by atoms with Gasteiger partial charge in [0.2, 0.25) is 0 Å². The van der Waals surface area contributed by atoms with Crippen molar-refractivity contribution in [3.05, 3.63) is 76.7 Å². The smallest absolute Gasteiger partial charge is 0.380 e. The van der Waals surface area contributed by atoms with Gasteiger partial charge >= 0.3 is 5.97 Å². The Hall–Kier alpha value is -4.67. The molecule has 0 aliphatic carbocycles. The molecule has 1 N–H and O–H groups in total. The summed E-state index contributed by atoms with van der Waals surface area (Å²) in [6, 6.07) is 13.5. The maximum Gasteiger partial charge on any atom is 0.380 e. The zero-order valence-corrected chi connectivity index (χ0v) is 18.8. The molecule has 2 aromatic carbocycles. The summed E-state index contributed by atoms with van der Waals surface area (Å²) < 4.78 is 15.5. The number of hydrogen-bond acceptors (Lipinski definition) is 10. The van der Waals surface area contributed by atoms with Crippen molar-refractivity contribution in [2.75, 3.05) is 14.2 Å². The Morgan fingerprint density at radius 2 is 1.54 bits per heavy atom. The minimum Gasteiger partial charge on any atom is -0.497 e. The predicted octanol–water partition coefficient (Wildman–Crippen LogP) is 2.15. The lowest BCUT2D eigenvalue weighted by Gasteiger charge is -2.27. The Balaban J connectivity index is 1.61. The lowest BCUT2D eigenvalue weighted by Crippen LogP contribution is -2.38. The molecule has 0 saturated carbocycles. The van der Waals surface area contributed by atoms with Crippen LogP contribution in [0.15, 0.2) is 58.9 Å². The van der Waals surface area contributed by atoms with E-state index in [0.717, 1.165) is 5.56 Å². The number of fused-ring (bicyclic) bond motifs is 1. The van der Waals surface area contributed by atoms with Gasteiger partial charge in [-0.3, -0.25) is 9.59 Å². The lowest BCUT2D eigenvalue weighted by atomic mass is 9.90. The van der Waals surface area contributed by atoms with Crippen LogP contribution >= 0.6 is 0 Å². The molecule has 0 spiro atoms. The molecule has 1 unspecified atom stereocenters. The normalized spacial score (nSPS) is 17.2. The standard InChI is InChI=1S/C24H20N4O7/c1-32-15-7-3-13(4-8-15)19-21-23(27-35-26-21)20(14-5-9-16(33-2)10-6-14)25-22(19)24(31)34-28-17(29)11-12-18(28)30/h3-10,20,25H,11-12H2,1-2H3. The third-order valence-corrected chi connectivity index (χ3v) is 5.77. The molecule has 178 valence electrons. The number of carbonyl (C=O) groups is 3. The predicted molar refractivity (Wildman–Crippen MR) is 118 cm³/mol. The average Bonchev–Trinajstić information content (AvgIpc) is 3.50. The number of ether oxygens (including phenoxy) is 2. The second-order valence-electron chi connectivity index (χ2n) is 7.79. The zero-order chi connectivity index (χ0) is 24.5. The van der Waals surface area contributed by atoms with Crippen LogP contribution in [0.5, 0.6) is 11.5 Å². The van der Waals surface area contributed by atoms with Crippen molar-refractivity contribution in [1.29, 1.82) is 0 Å². The number of imide groups is 1. The van der Waals surface area contributed by atoms with E-state index in [1.165, 1.54) is 0 Å². The van der Waals surface area contributed by atoms with Gasteiger partial charge < -0.3 is 19.6 Å². The van der Waals surface area contributed by atoms with Crippen LogP contribution in [0.1, 0.15) is 41.4 Å². The fraction of sp³-hybridized carbons (Fsp3) is 0.208. The van der Waals surface area contributed by atoms with Crippen molar-refractivity contribution in [2.24, 2.45) is 0 Å². The average molecular weight is 476 g/mol. The molecule has 2 aliphatic rings. The Bertz CT molecular complexity index is 1310. The summed E-state index contributed by atoms with van der Waals surface area (Å²) in [5.41, 5.74) is 2.45. The van der Waals surface area contributed by atoms with Crippen molar-refractivity contribution in [2.45, 2.75) is 18.9 Å². The number of benzene rings is 2. The fourth-order valence-corrected chi connectivity index (χ4v) is 3.99. The van der Waals surface area contributed by atoms with E-state index in [2.05, 4.69) is 15.6 Å². The molecule has 11 nitrogen and oxygen atoms in total. The molecular formula is C24H20N4O7. The molecule has 1 saturated heterocycles. The summed E-state index contributed by atoms with van der Waals surface area (Å²) in [6.45, 7) is 0. The number of hydroxylamine groups is 2. The van der Waals surface area contributed by atoms with Gasteiger partial charge in [0.15, 0.2) is 0 Å². The summed E-state index contributed by atoms with van der Waals surface area (Å²) in [7, 11) is 3.11. The van der Waals surface area contributed by atoms with Gasteiger partial charge in [0.1, 0.15) is 34.6 Å². The molecule has 1 fully saturated rings. The van der Waals surface area contributed by atoms with Gasteiger partial charge in [-0.05, 0) is 40.5 Å². The molecular weight excluding hydrogens is 456 g/mol. The quantitative estimate of drug-likeness (QED) is 0.528. The van der Waals surface area contributed by atoms with Crippen molar-refractivity contribution in [1.82, 2.24) is 20.7 Å². The molecule has 2 amide bonds. The summed E-state index contributed by atoms with van der Waals surface area (Å²) in [5.74, 6) is -0.817. The minimum absolute atomic E-state index is 0.00770. The maximum absolute atomic E-state index is 13.3. The number of nitrogens with one attached hydrogen (secondary N) is 1. The van der Waals surface area contributed by atoms with Crippen LogP contribution < -0.4 is 14.8 Å². The van der Waals surface area contributed by atoms with Gasteiger partial charge in [0.25, 0.3) is 11.8 Å². The number of rotatable bonds is 6. The Labute approximate surface area is 199 Å². The highest BCUT2D eigenvalue weighted by molar-refractivity contribution is 6.05. The minimum atomic E-state index is -0.924. The topological polar surface area (TPSA) is 133 Å². The molecule has 0 radical (unpaired) electrons. The number of amides is 2. The van der Waals surface area contributed by atoms with Gasteiger partial charge in [0.05, 0.1) is 14.2 Å². The van der Waals surface area contributed by atoms with Gasteiger partial charge in [-0.2, -0.15) is 0 Å². The SMILES string of the molecule is COc1ccc(C2=C(C(=O)ON3C(=O)CCC3=O)NC(c3ccc(OC)cc3)c3nonc32)cc1. The molecule has 35 heavy (non-hydrogen) atoms. The number of hydrogen-bond donors (Lipinski definition) is 1. The monoisotopic (exact) mass is 476 g/mol. The first-order valence-electron chi connectivity index (χ1n) is 10.7. The molecule has 1 aromatic heterocycles. The Kier molecular flexibility index (Phi) is 5.65.